The molecule has 2 fully saturated rings. The number of benzene rings is 2. The number of nitrogens with zero attached hydrogens (tertiary/aromatic N) is 2. The smallest absolute Gasteiger partial charge is 0.129 e. The first-order chi connectivity index (χ1) is 11.8. The van der Waals surface area contributed by atoms with Crippen LogP contribution in [0, 0.1) is 0 Å². The van der Waals surface area contributed by atoms with Gasteiger partial charge in [0.05, 0.1) is 19.5 Å². The van der Waals surface area contributed by atoms with Crippen LogP contribution in [0.4, 0.5) is 5.69 Å². The summed E-state index contributed by atoms with van der Waals surface area (Å²) < 4.78 is 16.2. The van der Waals surface area contributed by atoms with Crippen molar-refractivity contribution in [2.24, 2.45) is 0 Å². The summed E-state index contributed by atoms with van der Waals surface area (Å²) in [6.45, 7) is 2.27. The van der Waals surface area contributed by atoms with Gasteiger partial charge in [-0.05, 0) is 49.2 Å². The molecule has 2 aromatic carbocycles. The van der Waals surface area contributed by atoms with Crippen LogP contribution < -0.4 is 19.4 Å². The molecule has 2 aromatic rings. The lowest BCUT2D eigenvalue weighted by atomic mass is 10.2. The Morgan fingerprint density at radius 2 is 1.79 bits per heavy atom. The third-order valence-corrected chi connectivity index (χ3v) is 7.54. The monoisotopic (exact) mass is 342 g/mol. The average molecular weight is 342 g/mol. The summed E-state index contributed by atoms with van der Waals surface area (Å²) in [6.07, 6.45) is 2.59. The topological polar surface area (TPSA) is 24.9 Å². The van der Waals surface area contributed by atoms with Crippen molar-refractivity contribution in [3.8, 4) is 11.5 Å². The molecule has 2 unspecified atom stereocenters. The van der Waals surface area contributed by atoms with Crippen LogP contribution >= 0.6 is 8.22 Å². The SMILES string of the molecule is COc1ccc(N2CC3CCCN3P2c2ccccc2OC)cc1. The number of para-hydroxylation sites is 1. The fraction of sp³-hybridized carbons (Fsp3) is 0.368. The minimum Gasteiger partial charge on any atom is -0.497 e. The maximum absolute atomic E-state index is 5.67. The minimum atomic E-state index is -0.560. The van der Waals surface area contributed by atoms with Gasteiger partial charge in [0.2, 0.25) is 0 Å². The van der Waals surface area contributed by atoms with E-state index in [9.17, 15) is 0 Å². The Morgan fingerprint density at radius 1 is 1.00 bits per heavy atom. The van der Waals surface area contributed by atoms with Crippen LogP contribution in [0.1, 0.15) is 12.8 Å². The van der Waals surface area contributed by atoms with E-state index in [-0.39, 0.29) is 0 Å². The van der Waals surface area contributed by atoms with Crippen molar-refractivity contribution in [3.63, 3.8) is 0 Å². The van der Waals surface area contributed by atoms with E-state index >= 15 is 0 Å². The van der Waals surface area contributed by atoms with Gasteiger partial charge in [0.1, 0.15) is 19.7 Å². The molecule has 4 rings (SSSR count). The highest BCUT2D eigenvalue weighted by Gasteiger charge is 2.44. The van der Waals surface area contributed by atoms with Crippen molar-refractivity contribution < 1.29 is 9.47 Å². The van der Waals surface area contributed by atoms with E-state index in [4.69, 9.17) is 9.47 Å². The van der Waals surface area contributed by atoms with Crippen LogP contribution in [-0.2, 0) is 0 Å². The fourth-order valence-electron chi connectivity index (χ4n) is 3.70. The molecule has 2 aliphatic rings. The van der Waals surface area contributed by atoms with Crippen molar-refractivity contribution in [2.45, 2.75) is 18.9 Å². The zero-order chi connectivity index (χ0) is 16.5. The molecule has 24 heavy (non-hydrogen) atoms. The zero-order valence-corrected chi connectivity index (χ0v) is 15.1. The first-order valence-electron chi connectivity index (χ1n) is 8.43. The summed E-state index contributed by atoms with van der Waals surface area (Å²) in [5.41, 5.74) is 1.27. The Kier molecular flexibility index (Phi) is 4.34. The third-order valence-electron chi connectivity index (χ3n) is 4.87. The van der Waals surface area contributed by atoms with Gasteiger partial charge in [-0.15, -0.1) is 0 Å². The Balaban J connectivity index is 1.74. The Bertz CT molecular complexity index is 707. The van der Waals surface area contributed by atoms with Gasteiger partial charge in [0.25, 0.3) is 0 Å². The number of fused-ring (bicyclic) bond motifs is 1. The van der Waals surface area contributed by atoms with Gasteiger partial charge in [-0.3, -0.25) is 4.67 Å². The fourth-order valence-corrected chi connectivity index (χ4v) is 6.62. The number of hydrogen-bond acceptors (Lipinski definition) is 4. The van der Waals surface area contributed by atoms with Crippen molar-refractivity contribution in [1.82, 2.24) is 4.67 Å². The molecule has 0 N–H and O–H groups in total. The summed E-state index contributed by atoms with van der Waals surface area (Å²) in [6, 6.07) is 17.6. The highest BCUT2D eigenvalue weighted by molar-refractivity contribution is 7.65. The van der Waals surface area contributed by atoms with Gasteiger partial charge in [-0.25, -0.2) is 0 Å². The van der Waals surface area contributed by atoms with Crippen molar-refractivity contribution in [2.75, 3.05) is 32.0 Å². The second-order valence-electron chi connectivity index (χ2n) is 6.20. The summed E-state index contributed by atoms with van der Waals surface area (Å²) in [4.78, 5) is 0. The lowest BCUT2D eigenvalue weighted by Gasteiger charge is -2.31. The lowest BCUT2D eigenvalue weighted by Crippen LogP contribution is -2.24. The molecule has 2 saturated heterocycles. The van der Waals surface area contributed by atoms with Crippen LogP contribution in [0.25, 0.3) is 0 Å². The molecule has 0 bridgehead atoms. The summed E-state index contributed by atoms with van der Waals surface area (Å²) in [5.74, 6) is 1.90. The highest BCUT2D eigenvalue weighted by Crippen LogP contribution is 2.56. The number of methoxy groups -OCH3 is 2. The van der Waals surface area contributed by atoms with Crippen LogP contribution in [0.2, 0.25) is 0 Å². The molecule has 0 saturated carbocycles. The Labute approximate surface area is 144 Å². The molecule has 2 aliphatic heterocycles. The number of ether oxygens (including phenoxy) is 2. The Morgan fingerprint density at radius 3 is 2.54 bits per heavy atom. The Hall–Kier alpha value is -1.77. The molecular weight excluding hydrogens is 319 g/mol. The second-order valence-corrected chi connectivity index (χ2v) is 8.26. The molecule has 0 aliphatic carbocycles. The van der Waals surface area contributed by atoms with Crippen LogP contribution in [0.5, 0.6) is 11.5 Å². The molecule has 0 radical (unpaired) electrons. The maximum Gasteiger partial charge on any atom is 0.129 e. The summed E-state index contributed by atoms with van der Waals surface area (Å²) in [7, 11) is 2.92. The van der Waals surface area contributed by atoms with E-state index in [1.807, 2.05) is 6.07 Å². The van der Waals surface area contributed by atoms with E-state index < -0.39 is 8.22 Å². The highest BCUT2D eigenvalue weighted by atomic mass is 31.1. The molecule has 0 spiro atoms. The van der Waals surface area contributed by atoms with Crippen LogP contribution in [-0.4, -0.2) is 38.0 Å². The molecular formula is C19H23N2O2P. The average Bonchev–Trinajstić information content (AvgIpc) is 3.22. The lowest BCUT2D eigenvalue weighted by molar-refractivity contribution is 0.415. The van der Waals surface area contributed by atoms with Gasteiger partial charge in [0, 0.05) is 24.8 Å². The quantitative estimate of drug-likeness (QED) is 0.792. The first kappa shape index (κ1) is 15.7. The number of hydrogen-bond donors (Lipinski definition) is 0. The largest absolute Gasteiger partial charge is 0.497 e. The molecule has 2 heterocycles. The van der Waals surface area contributed by atoms with Gasteiger partial charge in [0.15, 0.2) is 0 Å². The predicted molar refractivity (Wildman–Crippen MR) is 99.6 cm³/mol. The normalized spacial score (nSPS) is 23.3. The van der Waals surface area contributed by atoms with Gasteiger partial charge >= 0.3 is 0 Å². The van der Waals surface area contributed by atoms with Crippen molar-refractivity contribution in [1.29, 1.82) is 0 Å². The zero-order valence-electron chi connectivity index (χ0n) is 14.2. The van der Waals surface area contributed by atoms with Gasteiger partial charge in [-0.1, -0.05) is 12.1 Å². The second kappa shape index (κ2) is 6.62. The van der Waals surface area contributed by atoms with Crippen LogP contribution in [0.3, 0.4) is 0 Å². The predicted octanol–water partition coefficient (Wildman–Crippen LogP) is 3.63. The van der Waals surface area contributed by atoms with Crippen molar-refractivity contribution in [3.05, 3.63) is 48.5 Å². The van der Waals surface area contributed by atoms with Gasteiger partial charge in [-0.2, -0.15) is 0 Å². The standard InChI is InChI=1S/C19H23N2O2P/c1-22-17-11-9-15(10-12-17)21-14-16-6-5-13-20(16)24(21)19-8-4-3-7-18(19)23-2/h3-4,7-12,16H,5-6,13-14H2,1-2H3. The number of anilines is 1. The maximum atomic E-state index is 5.67. The van der Waals surface area contributed by atoms with Gasteiger partial charge < -0.3 is 14.1 Å². The molecule has 126 valence electrons. The molecule has 2 atom stereocenters. The summed E-state index contributed by atoms with van der Waals surface area (Å²) >= 11 is 0. The molecule has 4 nitrogen and oxygen atoms in total. The van der Waals surface area contributed by atoms with E-state index in [1.54, 1.807) is 14.2 Å². The van der Waals surface area contributed by atoms with E-state index in [0.717, 1.165) is 18.0 Å². The minimum absolute atomic E-state index is 0.560. The third kappa shape index (κ3) is 2.64. The molecule has 5 heteroatoms. The van der Waals surface area contributed by atoms with Crippen LogP contribution in [0.15, 0.2) is 48.5 Å². The van der Waals surface area contributed by atoms with E-state index in [1.165, 1.54) is 30.4 Å². The van der Waals surface area contributed by atoms with E-state index in [0.29, 0.717) is 6.04 Å². The van der Waals surface area contributed by atoms with Crippen molar-refractivity contribution >= 4 is 19.2 Å². The number of rotatable bonds is 4. The molecule has 0 aromatic heterocycles. The van der Waals surface area contributed by atoms with E-state index in [2.05, 4.69) is 51.8 Å². The summed E-state index contributed by atoms with van der Waals surface area (Å²) in [5, 5.41) is 1.32. The first-order valence-corrected chi connectivity index (χ1v) is 9.68. The molecule has 0 amide bonds.